The van der Waals surface area contributed by atoms with Gasteiger partial charge in [0.1, 0.15) is 6.04 Å². The molecule has 0 bridgehead atoms. The maximum absolute atomic E-state index is 11.5. The number of rotatable bonds is 1. The predicted octanol–water partition coefficient (Wildman–Crippen LogP) is 0.721. The number of aliphatic carboxylic acids is 1. The fourth-order valence-electron chi connectivity index (χ4n) is 1.80. The number of hydrogen-bond acceptors (Lipinski definition) is 2. The van der Waals surface area contributed by atoms with Crippen LogP contribution in [0.1, 0.15) is 26.7 Å². The summed E-state index contributed by atoms with van der Waals surface area (Å²) < 4.78 is 0. The number of likely N-dealkylation sites (tertiary alicyclic amines) is 1. The first-order chi connectivity index (χ1) is 7.06. The lowest BCUT2D eigenvalue weighted by molar-refractivity contribution is -0.150. The van der Waals surface area contributed by atoms with Crippen molar-refractivity contribution in [3.05, 3.63) is 0 Å². The first-order valence-corrected chi connectivity index (χ1v) is 5.02. The van der Waals surface area contributed by atoms with Gasteiger partial charge in [-0.2, -0.15) is 0 Å². The average Bonchev–Trinajstić information content (AvgIpc) is 2.17. The molecule has 0 aliphatic carbocycles. The van der Waals surface area contributed by atoms with Crippen LogP contribution in [-0.2, 0) is 9.59 Å². The van der Waals surface area contributed by atoms with E-state index in [1.807, 2.05) is 6.92 Å². The van der Waals surface area contributed by atoms with Crippen molar-refractivity contribution in [1.82, 2.24) is 4.90 Å². The van der Waals surface area contributed by atoms with Crippen molar-refractivity contribution in [3.63, 3.8) is 0 Å². The van der Waals surface area contributed by atoms with Crippen molar-refractivity contribution in [2.24, 2.45) is 5.92 Å². The molecular weight excluding hydrogens is 194 g/mol. The molecule has 1 aliphatic rings. The van der Waals surface area contributed by atoms with Crippen molar-refractivity contribution in [2.75, 3.05) is 6.54 Å². The highest BCUT2D eigenvalue weighted by atomic mass is 16.4. The first kappa shape index (κ1) is 11.6. The molecule has 0 radical (unpaired) electrons. The number of hydrogen-bond donors (Lipinski definition) is 1. The third kappa shape index (κ3) is 2.72. The van der Waals surface area contributed by atoms with E-state index in [4.69, 9.17) is 5.11 Å². The summed E-state index contributed by atoms with van der Waals surface area (Å²) >= 11 is 0. The number of carbonyl (C=O) groups excluding carboxylic acids is 1. The van der Waals surface area contributed by atoms with Gasteiger partial charge in [-0.05, 0) is 31.6 Å². The highest BCUT2D eigenvalue weighted by molar-refractivity contribution is 5.96. The number of carboxylic acids is 1. The van der Waals surface area contributed by atoms with Crippen molar-refractivity contribution in [2.45, 2.75) is 32.7 Å². The molecule has 0 aromatic carbocycles. The van der Waals surface area contributed by atoms with Gasteiger partial charge in [0.05, 0.1) is 0 Å². The molecule has 0 saturated carbocycles. The summed E-state index contributed by atoms with van der Waals surface area (Å²) in [6, 6.07) is -0.706. The van der Waals surface area contributed by atoms with Crippen LogP contribution in [0.2, 0.25) is 0 Å². The smallest absolute Gasteiger partial charge is 0.326 e. The third-order valence-electron chi connectivity index (χ3n) is 2.64. The highest BCUT2D eigenvalue weighted by Crippen LogP contribution is 2.22. The summed E-state index contributed by atoms with van der Waals surface area (Å²) in [6.45, 7) is 4.06. The molecule has 1 heterocycles. The van der Waals surface area contributed by atoms with Crippen molar-refractivity contribution in [1.29, 1.82) is 0 Å². The molecule has 0 aromatic heterocycles. The van der Waals surface area contributed by atoms with Gasteiger partial charge >= 0.3 is 5.97 Å². The zero-order valence-electron chi connectivity index (χ0n) is 8.99. The van der Waals surface area contributed by atoms with Crippen LogP contribution in [0.25, 0.3) is 0 Å². The molecule has 1 saturated heterocycles. The number of nitrogens with zero attached hydrogens (tertiary/aromatic N) is 1. The number of piperidine rings is 1. The molecule has 1 fully saturated rings. The molecule has 1 amide bonds. The van der Waals surface area contributed by atoms with Gasteiger partial charge in [0.2, 0.25) is 0 Å². The topological polar surface area (TPSA) is 57.6 Å². The largest absolute Gasteiger partial charge is 0.480 e. The van der Waals surface area contributed by atoms with E-state index in [2.05, 4.69) is 11.8 Å². The molecule has 1 aliphatic heterocycles. The zero-order chi connectivity index (χ0) is 11.4. The van der Waals surface area contributed by atoms with E-state index >= 15 is 0 Å². The number of carbonyl (C=O) groups is 2. The molecule has 15 heavy (non-hydrogen) atoms. The second kappa shape index (κ2) is 4.83. The molecule has 0 aromatic rings. The van der Waals surface area contributed by atoms with E-state index in [1.54, 1.807) is 6.92 Å². The van der Waals surface area contributed by atoms with E-state index in [0.29, 0.717) is 18.9 Å². The lowest BCUT2D eigenvalue weighted by Crippen LogP contribution is -2.49. The summed E-state index contributed by atoms with van der Waals surface area (Å²) in [6.07, 6.45) is 1.37. The lowest BCUT2D eigenvalue weighted by Gasteiger charge is -2.34. The van der Waals surface area contributed by atoms with Gasteiger partial charge in [-0.15, -0.1) is 0 Å². The van der Waals surface area contributed by atoms with Crippen LogP contribution in [0.3, 0.4) is 0 Å². The SMILES string of the molecule is CC#CC(=O)N1CCC(C)CC1C(=O)O. The number of carboxylic acid groups (broad SMARTS) is 1. The Labute approximate surface area is 89.3 Å². The molecule has 2 atom stereocenters. The van der Waals surface area contributed by atoms with Crippen LogP contribution in [0.5, 0.6) is 0 Å². The predicted molar refractivity (Wildman–Crippen MR) is 55.0 cm³/mol. The standard InChI is InChI=1S/C11H15NO3/c1-3-4-10(13)12-6-5-8(2)7-9(12)11(14)15/h8-9H,5-7H2,1-2H3,(H,14,15). The van der Waals surface area contributed by atoms with Crippen LogP contribution in [0.4, 0.5) is 0 Å². The Bertz CT molecular complexity index is 326. The minimum absolute atomic E-state index is 0.352. The summed E-state index contributed by atoms with van der Waals surface area (Å²) in [5, 5.41) is 9.00. The Hall–Kier alpha value is -1.50. The van der Waals surface area contributed by atoms with E-state index in [0.717, 1.165) is 6.42 Å². The van der Waals surface area contributed by atoms with E-state index in [1.165, 1.54) is 4.90 Å². The quantitative estimate of drug-likeness (QED) is 0.647. The van der Waals surface area contributed by atoms with Gasteiger partial charge < -0.3 is 10.0 Å². The van der Waals surface area contributed by atoms with Crippen molar-refractivity contribution >= 4 is 11.9 Å². The maximum atomic E-state index is 11.5. The Morgan fingerprint density at radius 1 is 1.47 bits per heavy atom. The lowest BCUT2D eigenvalue weighted by atomic mass is 9.92. The molecule has 4 heteroatoms. The average molecular weight is 209 g/mol. The van der Waals surface area contributed by atoms with Gasteiger partial charge in [-0.3, -0.25) is 4.79 Å². The van der Waals surface area contributed by atoms with Crippen LogP contribution >= 0.6 is 0 Å². The van der Waals surface area contributed by atoms with E-state index in [-0.39, 0.29) is 5.91 Å². The van der Waals surface area contributed by atoms with Crippen LogP contribution in [0, 0.1) is 17.8 Å². The number of amides is 1. The molecule has 1 N–H and O–H groups in total. The Kier molecular flexibility index (Phi) is 3.73. The Morgan fingerprint density at radius 3 is 2.67 bits per heavy atom. The fourth-order valence-corrected chi connectivity index (χ4v) is 1.80. The van der Waals surface area contributed by atoms with Gasteiger partial charge in [0.25, 0.3) is 5.91 Å². The van der Waals surface area contributed by atoms with Gasteiger partial charge in [-0.1, -0.05) is 12.8 Å². The first-order valence-electron chi connectivity index (χ1n) is 5.02. The molecule has 82 valence electrons. The fraction of sp³-hybridized carbons (Fsp3) is 0.636. The molecule has 1 rings (SSSR count). The second-order valence-corrected chi connectivity index (χ2v) is 3.86. The third-order valence-corrected chi connectivity index (χ3v) is 2.64. The normalized spacial score (nSPS) is 25.3. The van der Waals surface area contributed by atoms with Gasteiger partial charge in [0, 0.05) is 6.54 Å². The van der Waals surface area contributed by atoms with Crippen molar-refractivity contribution < 1.29 is 14.7 Å². The summed E-state index contributed by atoms with van der Waals surface area (Å²) in [7, 11) is 0. The van der Waals surface area contributed by atoms with Crippen molar-refractivity contribution in [3.8, 4) is 11.8 Å². The van der Waals surface area contributed by atoms with E-state index < -0.39 is 12.0 Å². The molecule has 0 spiro atoms. The molecular formula is C11H15NO3. The minimum atomic E-state index is -0.937. The van der Waals surface area contributed by atoms with E-state index in [9.17, 15) is 9.59 Å². The Morgan fingerprint density at radius 2 is 2.13 bits per heavy atom. The monoisotopic (exact) mass is 209 g/mol. The summed E-state index contributed by atoms with van der Waals surface area (Å²) in [5.74, 6) is 3.93. The zero-order valence-corrected chi connectivity index (χ0v) is 8.99. The van der Waals surface area contributed by atoms with Crippen LogP contribution in [-0.4, -0.2) is 34.5 Å². The maximum Gasteiger partial charge on any atom is 0.326 e. The van der Waals surface area contributed by atoms with Crippen LogP contribution in [0.15, 0.2) is 0 Å². The summed E-state index contributed by atoms with van der Waals surface area (Å²) in [5.41, 5.74) is 0. The summed E-state index contributed by atoms with van der Waals surface area (Å²) in [4.78, 5) is 23.8. The highest BCUT2D eigenvalue weighted by Gasteiger charge is 2.33. The van der Waals surface area contributed by atoms with Gasteiger partial charge in [-0.25, -0.2) is 4.79 Å². The molecule has 4 nitrogen and oxygen atoms in total. The second-order valence-electron chi connectivity index (χ2n) is 3.86. The minimum Gasteiger partial charge on any atom is -0.480 e. The Balaban J connectivity index is 2.80. The molecule has 2 unspecified atom stereocenters. The van der Waals surface area contributed by atoms with Crippen LogP contribution < -0.4 is 0 Å². The van der Waals surface area contributed by atoms with Gasteiger partial charge in [0.15, 0.2) is 0 Å².